The molecule has 19 heavy (non-hydrogen) atoms. The second-order valence-electron chi connectivity index (χ2n) is 3.92. The van der Waals surface area contributed by atoms with Gasteiger partial charge in [-0.1, -0.05) is 9.98 Å². The van der Waals surface area contributed by atoms with Crippen molar-refractivity contribution >= 4 is 55.7 Å². The number of nitrogens with zero attached hydrogens (tertiary/aromatic N) is 2. The van der Waals surface area contributed by atoms with E-state index >= 15 is 0 Å². The predicted molar refractivity (Wildman–Crippen MR) is 80.6 cm³/mol. The first-order valence-corrected chi connectivity index (χ1v) is 7.21. The first kappa shape index (κ1) is 14.1. The number of hydrogen-bond donors (Lipinski definition) is 3. The number of aliphatic imine (C=N–C) groups is 2. The van der Waals surface area contributed by atoms with Crippen LogP contribution in [-0.2, 0) is 0 Å². The molecule has 1 aromatic heterocycles. The molecule has 2 rings (SSSR count). The first-order valence-electron chi connectivity index (χ1n) is 5.62. The average Bonchev–Trinajstić information content (AvgIpc) is 2.92. The van der Waals surface area contributed by atoms with E-state index in [0.29, 0.717) is 18.2 Å². The molecule has 1 amide bonds. The Morgan fingerprint density at radius 1 is 1.47 bits per heavy atom. The summed E-state index contributed by atoms with van der Waals surface area (Å²) in [6.45, 7) is 0.569. The largest absolute Gasteiger partial charge is 0.423 e. The lowest BCUT2D eigenvalue weighted by Gasteiger charge is -2.01. The summed E-state index contributed by atoms with van der Waals surface area (Å²) >= 11 is 6.60. The number of H-pyrrole nitrogens is 1. The van der Waals surface area contributed by atoms with Crippen LogP contribution in [0.3, 0.4) is 0 Å². The van der Waals surface area contributed by atoms with Crippen molar-refractivity contribution in [3.8, 4) is 0 Å². The van der Waals surface area contributed by atoms with Crippen LogP contribution in [0, 0.1) is 0 Å². The van der Waals surface area contributed by atoms with Crippen LogP contribution in [0.5, 0.6) is 0 Å². The number of guanidine groups is 1. The highest BCUT2D eigenvalue weighted by molar-refractivity contribution is 9.13. The summed E-state index contributed by atoms with van der Waals surface area (Å²) in [6, 6.07) is 1.72. The van der Waals surface area contributed by atoms with Crippen molar-refractivity contribution in [3.05, 3.63) is 20.8 Å². The van der Waals surface area contributed by atoms with E-state index in [2.05, 4.69) is 52.1 Å². The van der Waals surface area contributed by atoms with Crippen LogP contribution in [0.4, 0.5) is 0 Å². The molecule has 6 nitrogen and oxygen atoms in total. The number of halogens is 2. The molecule has 0 radical (unpaired) electrons. The summed E-state index contributed by atoms with van der Waals surface area (Å²) in [5.74, 6) is 0.152. The van der Waals surface area contributed by atoms with Crippen LogP contribution >= 0.6 is 31.9 Å². The Morgan fingerprint density at radius 2 is 2.26 bits per heavy atom. The highest BCUT2D eigenvalue weighted by Gasteiger charge is 2.15. The van der Waals surface area contributed by atoms with Gasteiger partial charge in [-0.25, -0.2) is 0 Å². The first-order chi connectivity index (χ1) is 9.06. The Bertz CT molecular complexity index is 556. The van der Waals surface area contributed by atoms with Gasteiger partial charge in [0.1, 0.15) is 11.9 Å². The van der Waals surface area contributed by atoms with E-state index in [1.165, 1.54) is 0 Å². The molecule has 4 N–H and O–H groups in total. The van der Waals surface area contributed by atoms with Crippen molar-refractivity contribution in [2.45, 2.75) is 12.8 Å². The van der Waals surface area contributed by atoms with Crippen molar-refractivity contribution in [2.24, 2.45) is 9.98 Å². The van der Waals surface area contributed by atoms with Crippen LogP contribution in [0.15, 0.2) is 25.1 Å². The summed E-state index contributed by atoms with van der Waals surface area (Å²) in [5, 5.41) is 8.24. The van der Waals surface area contributed by atoms with Crippen LogP contribution in [0.1, 0.15) is 23.3 Å². The smallest absolute Gasteiger partial charge is 0.351 e. The van der Waals surface area contributed by atoms with Crippen molar-refractivity contribution < 1.29 is 10.2 Å². The molecule has 8 heteroatoms. The van der Waals surface area contributed by atoms with Crippen LogP contribution < -0.4 is 10.7 Å². The summed E-state index contributed by atoms with van der Waals surface area (Å²) in [4.78, 5) is 22.6. The highest BCUT2D eigenvalue weighted by Crippen LogP contribution is 2.22. The summed E-state index contributed by atoms with van der Waals surface area (Å²) in [5.41, 5.74) is 1.35. The Morgan fingerprint density at radius 3 is 2.84 bits per heavy atom. The molecule has 2 heterocycles. The zero-order valence-corrected chi connectivity index (χ0v) is 13.1. The lowest BCUT2D eigenvalue weighted by Crippen LogP contribution is -2.36. The molecule has 0 unspecified atom stereocenters. The maximum Gasteiger partial charge on any atom is 0.423 e. The number of aromatic nitrogens is 1. The van der Waals surface area contributed by atoms with Gasteiger partial charge in [0.2, 0.25) is 0 Å². The highest BCUT2D eigenvalue weighted by atomic mass is 79.9. The lowest BCUT2D eigenvalue weighted by molar-refractivity contribution is -0.116. The van der Waals surface area contributed by atoms with Gasteiger partial charge in [0.15, 0.2) is 5.71 Å². The zero-order valence-electron chi connectivity index (χ0n) is 9.91. The number of amides is 1. The number of rotatable bonds is 5. The topological polar surface area (TPSA) is 95.2 Å². The second-order valence-corrected chi connectivity index (χ2v) is 5.57. The Balaban J connectivity index is 1.74. The van der Waals surface area contributed by atoms with Gasteiger partial charge < -0.3 is 10.3 Å². The van der Waals surface area contributed by atoms with Gasteiger partial charge in [0.05, 0.1) is 9.08 Å². The Hall–Kier alpha value is -1.28. The molecule has 0 bridgehead atoms. The molecule has 0 saturated heterocycles. The minimum Gasteiger partial charge on any atom is -0.351 e. The molecule has 100 valence electrons. The maximum atomic E-state index is 11.8. The lowest BCUT2D eigenvalue weighted by atomic mass is 10.2. The van der Waals surface area contributed by atoms with Gasteiger partial charge in [-0.05, 0) is 44.3 Å². The molecule has 1 aliphatic heterocycles. The number of nitrogens with one attached hydrogen (secondary N) is 2. The van der Waals surface area contributed by atoms with Crippen molar-refractivity contribution in [2.75, 3.05) is 6.54 Å². The van der Waals surface area contributed by atoms with Crippen molar-refractivity contribution in [1.82, 2.24) is 10.3 Å². The maximum absolute atomic E-state index is 11.8. The fourth-order valence-corrected chi connectivity index (χ4v) is 2.22. The number of nitrogens with two attached hydrogens (primary N) is 1. The van der Waals surface area contributed by atoms with E-state index in [1.807, 2.05) is 0 Å². The van der Waals surface area contributed by atoms with Gasteiger partial charge in [-0.2, -0.15) is 0 Å². The fourth-order valence-electron chi connectivity index (χ4n) is 1.56. The van der Waals surface area contributed by atoms with Gasteiger partial charge >= 0.3 is 5.96 Å². The molecule has 0 spiro atoms. The van der Waals surface area contributed by atoms with E-state index in [9.17, 15) is 4.79 Å². The predicted octanol–water partition coefficient (Wildman–Crippen LogP) is 0.690. The van der Waals surface area contributed by atoms with E-state index in [4.69, 9.17) is 5.41 Å². The third kappa shape index (κ3) is 3.84. The summed E-state index contributed by atoms with van der Waals surface area (Å²) in [7, 11) is 0. The van der Waals surface area contributed by atoms with Crippen LogP contribution in [0.2, 0.25) is 0 Å². The van der Waals surface area contributed by atoms with E-state index in [0.717, 1.165) is 27.6 Å². The number of carbonyl (C=O) groups excluding carboxylic acids is 1. The normalized spacial score (nSPS) is 13.8. The third-order valence-electron chi connectivity index (χ3n) is 2.47. The van der Waals surface area contributed by atoms with E-state index in [1.54, 1.807) is 12.3 Å². The molecular weight excluding hydrogens is 378 g/mol. The summed E-state index contributed by atoms with van der Waals surface area (Å²) < 4.78 is 1.57. The molecule has 0 aliphatic carbocycles. The third-order valence-corrected chi connectivity index (χ3v) is 4.25. The van der Waals surface area contributed by atoms with Gasteiger partial charge in [-0.15, -0.1) is 0 Å². The van der Waals surface area contributed by atoms with Crippen molar-refractivity contribution in [3.63, 3.8) is 0 Å². The molecule has 0 aromatic carbocycles. The minimum absolute atomic E-state index is 0.139. The van der Waals surface area contributed by atoms with Crippen LogP contribution in [0.25, 0.3) is 0 Å². The van der Waals surface area contributed by atoms with Crippen molar-refractivity contribution in [1.29, 1.82) is 0 Å². The molecular formula is C11H12Br2N5O+. The average molecular weight is 390 g/mol. The zero-order chi connectivity index (χ0) is 13.8. The SMILES string of the molecule is [NH2+]=C1N=CC(CCCNC(=O)c2cc(Br)c(Br)[nH]2)=N1. The van der Waals surface area contributed by atoms with Gasteiger partial charge in [-0.3, -0.25) is 10.2 Å². The van der Waals surface area contributed by atoms with E-state index in [-0.39, 0.29) is 5.91 Å². The number of carbonyl (C=O) groups is 1. The second kappa shape index (κ2) is 6.25. The number of hydrogen-bond acceptors (Lipinski definition) is 1. The van der Waals surface area contributed by atoms with E-state index < -0.39 is 0 Å². The summed E-state index contributed by atoms with van der Waals surface area (Å²) in [6.07, 6.45) is 3.17. The molecule has 1 aromatic rings. The molecule has 0 atom stereocenters. The quantitative estimate of drug-likeness (QED) is 0.634. The Kier molecular flexibility index (Phi) is 4.65. The molecule has 0 saturated carbocycles. The minimum atomic E-state index is -0.139. The molecule has 0 fully saturated rings. The Labute approximate surface area is 126 Å². The van der Waals surface area contributed by atoms with Gasteiger partial charge in [0.25, 0.3) is 5.91 Å². The standard InChI is InChI=1S/C11H11Br2N5O/c12-7-4-8(18-9(7)13)10(19)15-3-1-2-6-5-16-11(14)17-6/h4-5,14,18H,1-3H2,(H,15,19)/p+1. The van der Waals surface area contributed by atoms with Crippen LogP contribution in [-0.4, -0.2) is 35.3 Å². The van der Waals surface area contributed by atoms with Gasteiger partial charge in [0, 0.05) is 13.0 Å². The molecule has 1 aliphatic rings. The fraction of sp³-hybridized carbons (Fsp3) is 0.273. The monoisotopic (exact) mass is 388 g/mol. The number of aromatic amines is 1.